The second-order valence-electron chi connectivity index (χ2n) is 7.41. The van der Waals surface area contributed by atoms with Crippen molar-refractivity contribution in [3.05, 3.63) is 60.7 Å². The van der Waals surface area contributed by atoms with Crippen molar-refractivity contribution >= 4 is 17.4 Å². The summed E-state index contributed by atoms with van der Waals surface area (Å²) in [6, 6.07) is 18.9. The summed E-state index contributed by atoms with van der Waals surface area (Å²) in [7, 11) is 0. The number of nitrogens with zero attached hydrogens (tertiary/aromatic N) is 3. The molecule has 1 saturated heterocycles. The van der Waals surface area contributed by atoms with E-state index < -0.39 is 6.10 Å². The zero-order chi connectivity index (χ0) is 20.3. The van der Waals surface area contributed by atoms with Gasteiger partial charge in [-0.25, -0.2) is 0 Å². The molecule has 152 valence electrons. The Hall–Kier alpha value is -3.61. The smallest absolute Gasteiger partial charge is 0.269 e. The van der Waals surface area contributed by atoms with Crippen molar-refractivity contribution in [2.75, 3.05) is 29.9 Å². The first-order chi connectivity index (χ1) is 14.8. The summed E-state index contributed by atoms with van der Waals surface area (Å²) in [6.07, 6.45) is 1.70. The van der Waals surface area contributed by atoms with Gasteiger partial charge in [-0.1, -0.05) is 24.3 Å². The van der Waals surface area contributed by atoms with Crippen LogP contribution in [0, 0.1) is 0 Å². The maximum atomic E-state index is 12.7. The van der Waals surface area contributed by atoms with Gasteiger partial charge >= 0.3 is 0 Å². The normalized spacial score (nSPS) is 17.6. The lowest BCUT2D eigenvalue weighted by Gasteiger charge is -2.25. The lowest BCUT2D eigenvalue weighted by Crippen LogP contribution is -2.40. The van der Waals surface area contributed by atoms with Gasteiger partial charge in [-0.2, -0.15) is 0 Å². The minimum Gasteiger partial charge on any atom is -0.485 e. The number of rotatable bonds is 4. The van der Waals surface area contributed by atoms with E-state index in [2.05, 4.69) is 20.4 Å². The van der Waals surface area contributed by atoms with E-state index in [-0.39, 0.29) is 12.5 Å². The molecule has 1 unspecified atom stereocenters. The van der Waals surface area contributed by atoms with Crippen molar-refractivity contribution in [2.24, 2.45) is 0 Å². The van der Waals surface area contributed by atoms with Gasteiger partial charge in [0.2, 0.25) is 6.10 Å². The Morgan fingerprint density at radius 2 is 1.80 bits per heavy atom. The SMILES string of the molecule is O=C(Nc1cccc(-c2ccc(N3CCCC3)nn2)c1)C1COc2ccccc2O1. The predicted molar refractivity (Wildman–Crippen MR) is 114 cm³/mol. The van der Waals surface area contributed by atoms with Crippen LogP contribution in [0.25, 0.3) is 11.3 Å². The number of benzene rings is 2. The molecule has 3 aromatic rings. The van der Waals surface area contributed by atoms with E-state index >= 15 is 0 Å². The predicted octanol–water partition coefficient (Wildman–Crippen LogP) is 3.52. The number of amides is 1. The zero-order valence-electron chi connectivity index (χ0n) is 16.5. The molecule has 2 aliphatic rings. The van der Waals surface area contributed by atoms with Gasteiger partial charge in [0.15, 0.2) is 17.3 Å². The Labute approximate surface area is 174 Å². The van der Waals surface area contributed by atoms with Gasteiger partial charge < -0.3 is 19.7 Å². The third-order valence-electron chi connectivity index (χ3n) is 5.31. The van der Waals surface area contributed by atoms with Gasteiger partial charge in [0.25, 0.3) is 5.91 Å². The lowest BCUT2D eigenvalue weighted by molar-refractivity contribution is -0.125. The fourth-order valence-electron chi connectivity index (χ4n) is 3.72. The largest absolute Gasteiger partial charge is 0.485 e. The summed E-state index contributed by atoms with van der Waals surface area (Å²) >= 11 is 0. The number of para-hydroxylation sites is 2. The molecule has 1 N–H and O–H groups in total. The fourth-order valence-corrected chi connectivity index (χ4v) is 3.72. The maximum absolute atomic E-state index is 12.7. The first-order valence-corrected chi connectivity index (χ1v) is 10.1. The van der Waals surface area contributed by atoms with Gasteiger partial charge in [0, 0.05) is 24.3 Å². The Kier molecular flexibility index (Phi) is 4.93. The fraction of sp³-hybridized carbons (Fsp3) is 0.261. The Morgan fingerprint density at radius 1 is 0.967 bits per heavy atom. The molecule has 1 atom stereocenters. The van der Waals surface area contributed by atoms with Gasteiger partial charge in [-0.3, -0.25) is 4.79 Å². The summed E-state index contributed by atoms with van der Waals surface area (Å²) in [5, 5.41) is 11.7. The molecule has 3 heterocycles. The lowest BCUT2D eigenvalue weighted by atomic mass is 10.1. The number of anilines is 2. The van der Waals surface area contributed by atoms with Crippen LogP contribution in [0.1, 0.15) is 12.8 Å². The van der Waals surface area contributed by atoms with Crippen molar-refractivity contribution in [2.45, 2.75) is 18.9 Å². The molecular formula is C23H22N4O3. The summed E-state index contributed by atoms with van der Waals surface area (Å²) in [5.41, 5.74) is 2.32. The monoisotopic (exact) mass is 402 g/mol. The molecule has 7 heteroatoms. The molecule has 30 heavy (non-hydrogen) atoms. The van der Waals surface area contributed by atoms with E-state index in [1.54, 1.807) is 6.07 Å². The van der Waals surface area contributed by atoms with Crippen molar-refractivity contribution in [3.8, 4) is 22.8 Å². The number of carbonyl (C=O) groups is 1. The second-order valence-corrected chi connectivity index (χ2v) is 7.41. The van der Waals surface area contributed by atoms with Crippen LogP contribution in [-0.2, 0) is 4.79 Å². The van der Waals surface area contributed by atoms with Crippen LogP contribution in [-0.4, -0.2) is 41.9 Å². The number of ether oxygens (including phenoxy) is 2. The van der Waals surface area contributed by atoms with Crippen molar-refractivity contribution in [1.29, 1.82) is 0 Å². The molecule has 2 aromatic carbocycles. The average Bonchev–Trinajstić information content (AvgIpc) is 3.34. The van der Waals surface area contributed by atoms with Gasteiger partial charge in [0.1, 0.15) is 6.61 Å². The Morgan fingerprint density at radius 3 is 2.60 bits per heavy atom. The summed E-state index contributed by atoms with van der Waals surface area (Å²) in [6.45, 7) is 2.24. The van der Waals surface area contributed by atoms with Crippen LogP contribution in [0.2, 0.25) is 0 Å². The first-order valence-electron chi connectivity index (χ1n) is 10.1. The van der Waals surface area contributed by atoms with Crippen LogP contribution in [0.3, 0.4) is 0 Å². The third kappa shape index (κ3) is 3.78. The highest BCUT2D eigenvalue weighted by Crippen LogP contribution is 2.31. The minimum atomic E-state index is -0.705. The highest BCUT2D eigenvalue weighted by molar-refractivity contribution is 5.95. The Balaban J connectivity index is 1.27. The zero-order valence-corrected chi connectivity index (χ0v) is 16.5. The second kappa shape index (κ2) is 8.02. The molecule has 0 radical (unpaired) electrons. The topological polar surface area (TPSA) is 76.6 Å². The van der Waals surface area contributed by atoms with Gasteiger partial charge in [-0.15, -0.1) is 10.2 Å². The van der Waals surface area contributed by atoms with E-state index in [0.717, 1.165) is 30.2 Å². The number of fused-ring (bicyclic) bond motifs is 1. The third-order valence-corrected chi connectivity index (χ3v) is 5.31. The number of hydrogen-bond donors (Lipinski definition) is 1. The molecular weight excluding hydrogens is 380 g/mol. The Bertz CT molecular complexity index is 1050. The molecule has 5 rings (SSSR count). The van der Waals surface area contributed by atoms with Crippen molar-refractivity contribution < 1.29 is 14.3 Å². The highest BCUT2D eigenvalue weighted by atomic mass is 16.6. The van der Waals surface area contributed by atoms with E-state index in [1.165, 1.54) is 12.8 Å². The van der Waals surface area contributed by atoms with Gasteiger partial charge in [0.05, 0.1) is 5.69 Å². The summed E-state index contributed by atoms with van der Waals surface area (Å²) in [4.78, 5) is 14.9. The van der Waals surface area contributed by atoms with E-state index in [9.17, 15) is 4.79 Å². The quantitative estimate of drug-likeness (QED) is 0.720. The summed E-state index contributed by atoms with van der Waals surface area (Å²) < 4.78 is 11.4. The highest BCUT2D eigenvalue weighted by Gasteiger charge is 2.27. The average molecular weight is 402 g/mol. The van der Waals surface area contributed by atoms with E-state index in [1.807, 2.05) is 54.6 Å². The number of hydrogen-bond acceptors (Lipinski definition) is 6. The van der Waals surface area contributed by atoms with E-state index in [4.69, 9.17) is 9.47 Å². The number of aromatic nitrogens is 2. The van der Waals surface area contributed by atoms with Crippen LogP contribution >= 0.6 is 0 Å². The van der Waals surface area contributed by atoms with Crippen LogP contribution in [0.4, 0.5) is 11.5 Å². The van der Waals surface area contributed by atoms with Gasteiger partial charge in [-0.05, 0) is 49.2 Å². The molecule has 7 nitrogen and oxygen atoms in total. The molecule has 1 amide bonds. The molecule has 2 aliphatic heterocycles. The molecule has 0 saturated carbocycles. The standard InChI is InChI=1S/C23H22N4O3/c28-23(21-15-29-19-8-1-2-9-20(19)30-21)24-17-7-5-6-16(14-17)18-10-11-22(26-25-18)27-12-3-4-13-27/h1-2,5-11,14,21H,3-4,12-13,15H2,(H,24,28). The molecule has 1 aromatic heterocycles. The molecule has 0 spiro atoms. The molecule has 0 aliphatic carbocycles. The minimum absolute atomic E-state index is 0.173. The van der Waals surface area contributed by atoms with Crippen LogP contribution in [0.5, 0.6) is 11.5 Å². The molecule has 0 bridgehead atoms. The summed E-state index contributed by atoms with van der Waals surface area (Å²) in [5.74, 6) is 1.89. The van der Waals surface area contributed by atoms with Crippen LogP contribution in [0.15, 0.2) is 60.7 Å². The van der Waals surface area contributed by atoms with Crippen molar-refractivity contribution in [3.63, 3.8) is 0 Å². The number of carbonyl (C=O) groups excluding carboxylic acids is 1. The van der Waals surface area contributed by atoms with E-state index in [0.29, 0.717) is 17.2 Å². The van der Waals surface area contributed by atoms with Crippen LogP contribution < -0.4 is 19.7 Å². The number of nitrogens with one attached hydrogen (secondary N) is 1. The molecule has 1 fully saturated rings. The van der Waals surface area contributed by atoms with Crippen molar-refractivity contribution in [1.82, 2.24) is 10.2 Å². The maximum Gasteiger partial charge on any atom is 0.269 e. The first kappa shape index (κ1) is 18.4.